The number of benzene rings is 1. The number of methoxy groups -OCH3 is 1. The summed E-state index contributed by atoms with van der Waals surface area (Å²) in [6, 6.07) is 9.36. The molecular formula is C15H17N3O4S. The van der Waals surface area contributed by atoms with Crippen molar-refractivity contribution in [3.63, 3.8) is 0 Å². The van der Waals surface area contributed by atoms with Gasteiger partial charge in [0.1, 0.15) is 17.3 Å². The molecule has 8 heteroatoms. The van der Waals surface area contributed by atoms with Crippen LogP contribution in [0, 0.1) is 0 Å². The van der Waals surface area contributed by atoms with Gasteiger partial charge in [-0.05, 0) is 6.92 Å². The second kappa shape index (κ2) is 8.25. The van der Waals surface area contributed by atoms with Gasteiger partial charge >= 0.3 is 6.09 Å². The zero-order valence-electron chi connectivity index (χ0n) is 12.8. The lowest BCUT2D eigenvalue weighted by Crippen LogP contribution is -2.16. The lowest BCUT2D eigenvalue weighted by Gasteiger charge is -2.04. The van der Waals surface area contributed by atoms with Crippen molar-refractivity contribution in [1.29, 1.82) is 0 Å². The van der Waals surface area contributed by atoms with Crippen LogP contribution in [0.25, 0.3) is 11.3 Å². The zero-order chi connectivity index (χ0) is 16.7. The van der Waals surface area contributed by atoms with Gasteiger partial charge in [0.15, 0.2) is 5.13 Å². The third kappa shape index (κ3) is 4.76. The van der Waals surface area contributed by atoms with Gasteiger partial charge in [-0.25, -0.2) is 9.78 Å². The Morgan fingerprint density at radius 2 is 1.96 bits per heavy atom. The van der Waals surface area contributed by atoms with E-state index in [0.717, 1.165) is 16.9 Å². The van der Waals surface area contributed by atoms with Crippen LogP contribution in [0.1, 0.15) is 6.92 Å². The molecule has 122 valence electrons. The standard InChI is InChI=1S/C15H17N3O4S/c1-3-22-15(20)18-14-17-12(10-7-5-4-6-8-10)13(23-14)16-11(19)9-21-2/h4-8H,3,9H2,1-2H3,(H,16,19)(H,17,18,20). The van der Waals surface area contributed by atoms with Crippen molar-refractivity contribution in [2.45, 2.75) is 6.92 Å². The fourth-order valence-electron chi connectivity index (χ4n) is 1.80. The fraction of sp³-hybridized carbons (Fsp3) is 0.267. The first-order valence-corrected chi connectivity index (χ1v) is 7.74. The number of hydrogen-bond donors (Lipinski definition) is 2. The number of thiazole rings is 1. The van der Waals surface area contributed by atoms with Crippen molar-refractivity contribution < 1.29 is 19.1 Å². The summed E-state index contributed by atoms with van der Waals surface area (Å²) in [5.74, 6) is -0.295. The topological polar surface area (TPSA) is 89.5 Å². The molecule has 0 atom stereocenters. The monoisotopic (exact) mass is 335 g/mol. The summed E-state index contributed by atoms with van der Waals surface area (Å²) in [5.41, 5.74) is 1.40. The number of hydrogen-bond acceptors (Lipinski definition) is 6. The van der Waals surface area contributed by atoms with Crippen molar-refractivity contribution in [3.8, 4) is 11.3 Å². The van der Waals surface area contributed by atoms with Gasteiger partial charge in [0.25, 0.3) is 5.91 Å². The van der Waals surface area contributed by atoms with E-state index < -0.39 is 6.09 Å². The van der Waals surface area contributed by atoms with Crippen LogP contribution in [0.2, 0.25) is 0 Å². The average Bonchev–Trinajstić information content (AvgIpc) is 2.90. The first-order chi connectivity index (χ1) is 11.1. The molecular weight excluding hydrogens is 318 g/mol. The van der Waals surface area contributed by atoms with E-state index in [0.29, 0.717) is 15.8 Å². The number of carbonyl (C=O) groups excluding carboxylic acids is 2. The maximum Gasteiger partial charge on any atom is 0.413 e. The molecule has 0 saturated heterocycles. The number of anilines is 2. The predicted molar refractivity (Wildman–Crippen MR) is 88.7 cm³/mol. The highest BCUT2D eigenvalue weighted by Gasteiger charge is 2.17. The minimum Gasteiger partial charge on any atom is -0.450 e. The lowest BCUT2D eigenvalue weighted by atomic mass is 10.2. The highest BCUT2D eigenvalue weighted by Crippen LogP contribution is 2.35. The van der Waals surface area contributed by atoms with Gasteiger partial charge in [0, 0.05) is 12.7 Å². The number of nitrogens with one attached hydrogen (secondary N) is 2. The van der Waals surface area contributed by atoms with E-state index >= 15 is 0 Å². The molecule has 2 amide bonds. The Morgan fingerprint density at radius 1 is 1.22 bits per heavy atom. The molecule has 0 fully saturated rings. The smallest absolute Gasteiger partial charge is 0.413 e. The normalized spacial score (nSPS) is 10.2. The van der Waals surface area contributed by atoms with Crippen LogP contribution in [0.15, 0.2) is 30.3 Å². The van der Waals surface area contributed by atoms with E-state index in [1.165, 1.54) is 7.11 Å². The Hall–Kier alpha value is -2.45. The predicted octanol–water partition coefficient (Wildman–Crippen LogP) is 2.96. The third-order valence-electron chi connectivity index (χ3n) is 2.69. The summed E-state index contributed by atoms with van der Waals surface area (Å²) in [7, 11) is 1.44. The summed E-state index contributed by atoms with van der Waals surface area (Å²) in [5, 5.41) is 6.15. The van der Waals surface area contributed by atoms with Crippen LogP contribution in [-0.4, -0.2) is 37.3 Å². The molecule has 0 aliphatic heterocycles. The molecule has 0 aliphatic carbocycles. The number of carbonyl (C=O) groups is 2. The number of rotatable bonds is 6. The quantitative estimate of drug-likeness (QED) is 0.847. The molecule has 2 aromatic rings. The van der Waals surface area contributed by atoms with Crippen LogP contribution in [0.4, 0.5) is 14.9 Å². The number of ether oxygens (including phenoxy) is 2. The highest BCUT2D eigenvalue weighted by molar-refractivity contribution is 7.20. The summed E-state index contributed by atoms with van der Waals surface area (Å²) < 4.78 is 9.64. The van der Waals surface area contributed by atoms with E-state index in [2.05, 4.69) is 15.6 Å². The molecule has 7 nitrogen and oxygen atoms in total. The summed E-state index contributed by atoms with van der Waals surface area (Å²) in [4.78, 5) is 27.6. The van der Waals surface area contributed by atoms with Crippen LogP contribution < -0.4 is 10.6 Å². The van der Waals surface area contributed by atoms with E-state index in [1.54, 1.807) is 6.92 Å². The van der Waals surface area contributed by atoms with Gasteiger partial charge in [0.05, 0.1) is 6.61 Å². The van der Waals surface area contributed by atoms with Crippen molar-refractivity contribution in [2.24, 2.45) is 0 Å². The third-order valence-corrected chi connectivity index (χ3v) is 3.57. The molecule has 0 spiro atoms. The maximum absolute atomic E-state index is 11.8. The molecule has 1 aromatic carbocycles. The molecule has 0 saturated carbocycles. The van der Waals surface area contributed by atoms with Crippen molar-refractivity contribution >= 4 is 33.5 Å². The molecule has 0 radical (unpaired) electrons. The number of amides is 2. The molecule has 0 aliphatic rings. The highest BCUT2D eigenvalue weighted by atomic mass is 32.1. The number of aromatic nitrogens is 1. The summed E-state index contributed by atoms with van der Waals surface area (Å²) in [6.07, 6.45) is -0.587. The summed E-state index contributed by atoms with van der Waals surface area (Å²) in [6.45, 7) is 1.92. The summed E-state index contributed by atoms with van der Waals surface area (Å²) >= 11 is 1.15. The largest absolute Gasteiger partial charge is 0.450 e. The van der Waals surface area contributed by atoms with E-state index in [1.807, 2.05) is 30.3 Å². The maximum atomic E-state index is 11.8. The van der Waals surface area contributed by atoms with Crippen molar-refractivity contribution in [3.05, 3.63) is 30.3 Å². The Labute approximate surface area is 137 Å². The van der Waals surface area contributed by atoms with Crippen LogP contribution in [0.5, 0.6) is 0 Å². The van der Waals surface area contributed by atoms with Crippen molar-refractivity contribution in [1.82, 2.24) is 4.98 Å². The van der Waals surface area contributed by atoms with Crippen LogP contribution in [0.3, 0.4) is 0 Å². The molecule has 0 bridgehead atoms. The van der Waals surface area contributed by atoms with Gasteiger partial charge in [-0.2, -0.15) is 0 Å². The minimum atomic E-state index is -0.587. The Kier molecular flexibility index (Phi) is 6.07. The zero-order valence-corrected chi connectivity index (χ0v) is 13.6. The second-order valence-corrected chi connectivity index (χ2v) is 5.39. The number of nitrogens with zero attached hydrogens (tertiary/aromatic N) is 1. The Morgan fingerprint density at radius 3 is 2.61 bits per heavy atom. The first-order valence-electron chi connectivity index (χ1n) is 6.92. The molecule has 1 aromatic heterocycles. The SMILES string of the molecule is CCOC(=O)Nc1nc(-c2ccccc2)c(NC(=O)COC)s1. The van der Waals surface area contributed by atoms with E-state index in [9.17, 15) is 9.59 Å². The van der Waals surface area contributed by atoms with Crippen molar-refractivity contribution in [2.75, 3.05) is 31.0 Å². The van der Waals surface area contributed by atoms with Gasteiger partial charge in [-0.1, -0.05) is 41.7 Å². The molecule has 1 heterocycles. The van der Waals surface area contributed by atoms with Gasteiger partial charge in [-0.3, -0.25) is 10.1 Å². The molecule has 2 N–H and O–H groups in total. The van der Waals surface area contributed by atoms with Gasteiger partial charge in [0.2, 0.25) is 0 Å². The Balaban J connectivity index is 2.28. The van der Waals surface area contributed by atoms with Crippen LogP contribution >= 0.6 is 11.3 Å². The minimum absolute atomic E-state index is 0.0627. The van der Waals surface area contributed by atoms with Gasteiger partial charge in [-0.15, -0.1) is 0 Å². The Bertz CT molecular complexity index is 673. The molecule has 0 unspecified atom stereocenters. The second-order valence-electron chi connectivity index (χ2n) is 4.39. The van der Waals surface area contributed by atoms with E-state index in [-0.39, 0.29) is 19.1 Å². The molecule has 2 rings (SSSR count). The van der Waals surface area contributed by atoms with E-state index in [4.69, 9.17) is 9.47 Å². The first kappa shape index (κ1) is 16.9. The lowest BCUT2D eigenvalue weighted by molar-refractivity contribution is -0.119. The average molecular weight is 335 g/mol. The van der Waals surface area contributed by atoms with Crippen LogP contribution in [-0.2, 0) is 14.3 Å². The van der Waals surface area contributed by atoms with Gasteiger partial charge < -0.3 is 14.8 Å². The fourth-order valence-corrected chi connectivity index (χ4v) is 2.69. The molecule has 23 heavy (non-hydrogen) atoms.